The van der Waals surface area contributed by atoms with Crippen LogP contribution in [-0.4, -0.2) is 22.7 Å². The third kappa shape index (κ3) is 3.64. The Morgan fingerprint density at radius 3 is 3.05 bits per heavy atom. The van der Waals surface area contributed by atoms with Crippen molar-refractivity contribution in [1.82, 2.24) is 9.55 Å². The highest BCUT2D eigenvalue weighted by atomic mass is 16.5. The van der Waals surface area contributed by atoms with Gasteiger partial charge in [0.25, 0.3) is 0 Å². The molecule has 0 saturated carbocycles. The first-order valence-electron chi connectivity index (χ1n) is 6.52. The Balaban J connectivity index is 1.92. The van der Waals surface area contributed by atoms with Crippen LogP contribution in [0.4, 0.5) is 11.4 Å². The third-order valence-corrected chi connectivity index (χ3v) is 2.77. The number of aromatic nitrogens is 2. The second-order valence-electron chi connectivity index (χ2n) is 4.29. The molecule has 0 unspecified atom stereocenters. The van der Waals surface area contributed by atoms with Crippen LogP contribution in [0.5, 0.6) is 5.75 Å². The molecule has 0 saturated heterocycles. The van der Waals surface area contributed by atoms with E-state index in [-0.39, 0.29) is 0 Å². The summed E-state index contributed by atoms with van der Waals surface area (Å²) in [5.74, 6) is 0.745. The molecule has 1 aromatic heterocycles. The number of para-hydroxylation sites is 1. The fourth-order valence-corrected chi connectivity index (χ4v) is 1.77. The predicted molar refractivity (Wildman–Crippen MR) is 77.4 cm³/mol. The molecule has 0 aliphatic carbocycles. The molecule has 2 rings (SSSR count). The molecule has 0 aliphatic heterocycles. The van der Waals surface area contributed by atoms with Gasteiger partial charge >= 0.3 is 0 Å². The number of ether oxygens (including phenoxy) is 1. The van der Waals surface area contributed by atoms with Gasteiger partial charge in [-0.1, -0.05) is 13.0 Å². The SMILES string of the molecule is CCCOc1cccc(NCCn2ccnc2)c1N. The van der Waals surface area contributed by atoms with Crippen molar-refractivity contribution in [2.24, 2.45) is 0 Å². The van der Waals surface area contributed by atoms with E-state index in [9.17, 15) is 0 Å². The zero-order valence-electron chi connectivity index (χ0n) is 11.2. The van der Waals surface area contributed by atoms with Crippen molar-refractivity contribution in [2.45, 2.75) is 19.9 Å². The number of nitrogens with one attached hydrogen (secondary N) is 1. The van der Waals surface area contributed by atoms with E-state index in [0.717, 1.165) is 30.9 Å². The zero-order chi connectivity index (χ0) is 13.5. The number of nitrogens with two attached hydrogens (primary N) is 1. The van der Waals surface area contributed by atoms with E-state index < -0.39 is 0 Å². The minimum absolute atomic E-state index is 0.668. The average molecular weight is 260 g/mol. The van der Waals surface area contributed by atoms with E-state index in [1.54, 1.807) is 12.5 Å². The summed E-state index contributed by atoms with van der Waals surface area (Å²) in [5.41, 5.74) is 7.66. The Labute approximate surface area is 113 Å². The Morgan fingerprint density at radius 2 is 2.32 bits per heavy atom. The largest absolute Gasteiger partial charge is 0.491 e. The van der Waals surface area contributed by atoms with Crippen molar-refractivity contribution < 1.29 is 4.74 Å². The van der Waals surface area contributed by atoms with E-state index in [1.165, 1.54) is 0 Å². The molecule has 5 nitrogen and oxygen atoms in total. The molecular weight excluding hydrogens is 240 g/mol. The van der Waals surface area contributed by atoms with Gasteiger partial charge in [0.2, 0.25) is 0 Å². The number of hydrogen-bond donors (Lipinski definition) is 2. The van der Waals surface area contributed by atoms with E-state index in [1.807, 2.05) is 29.0 Å². The topological polar surface area (TPSA) is 65.1 Å². The fourth-order valence-electron chi connectivity index (χ4n) is 1.77. The van der Waals surface area contributed by atoms with Crippen LogP contribution in [0.3, 0.4) is 0 Å². The van der Waals surface area contributed by atoms with E-state index in [0.29, 0.717) is 12.3 Å². The lowest BCUT2D eigenvalue weighted by molar-refractivity contribution is 0.319. The minimum Gasteiger partial charge on any atom is -0.491 e. The number of imidazole rings is 1. The summed E-state index contributed by atoms with van der Waals surface area (Å²) >= 11 is 0. The summed E-state index contributed by atoms with van der Waals surface area (Å²) < 4.78 is 7.61. The van der Waals surface area contributed by atoms with Crippen molar-refractivity contribution in [3.8, 4) is 5.75 Å². The normalized spacial score (nSPS) is 10.4. The lowest BCUT2D eigenvalue weighted by Crippen LogP contribution is -2.11. The van der Waals surface area contributed by atoms with Gasteiger partial charge in [-0.05, 0) is 18.6 Å². The van der Waals surface area contributed by atoms with E-state index in [2.05, 4.69) is 17.2 Å². The molecular formula is C14H20N4O. The molecule has 0 spiro atoms. The monoisotopic (exact) mass is 260 g/mol. The van der Waals surface area contributed by atoms with E-state index >= 15 is 0 Å². The van der Waals surface area contributed by atoms with Gasteiger partial charge in [-0.15, -0.1) is 0 Å². The molecule has 3 N–H and O–H groups in total. The summed E-state index contributed by atoms with van der Waals surface area (Å²) in [5, 5.41) is 3.31. The third-order valence-electron chi connectivity index (χ3n) is 2.77. The van der Waals surface area contributed by atoms with Crippen LogP contribution in [0.1, 0.15) is 13.3 Å². The highest BCUT2D eigenvalue weighted by Crippen LogP contribution is 2.29. The second-order valence-corrected chi connectivity index (χ2v) is 4.29. The molecule has 2 aromatic rings. The molecule has 1 heterocycles. The predicted octanol–water partition coefficient (Wildman–Crippen LogP) is 2.37. The maximum atomic E-state index is 6.08. The Hall–Kier alpha value is -2.17. The Kier molecular flexibility index (Phi) is 4.66. The molecule has 5 heteroatoms. The van der Waals surface area contributed by atoms with Crippen LogP contribution in [-0.2, 0) is 6.54 Å². The van der Waals surface area contributed by atoms with Crippen LogP contribution >= 0.6 is 0 Å². The lowest BCUT2D eigenvalue weighted by Gasteiger charge is -2.13. The summed E-state index contributed by atoms with van der Waals surface area (Å²) in [6.07, 6.45) is 6.48. The van der Waals surface area contributed by atoms with Gasteiger partial charge in [0, 0.05) is 25.5 Å². The van der Waals surface area contributed by atoms with Crippen molar-refractivity contribution in [3.05, 3.63) is 36.9 Å². The summed E-state index contributed by atoms with van der Waals surface area (Å²) in [7, 11) is 0. The first kappa shape index (κ1) is 13.3. The second kappa shape index (κ2) is 6.68. The van der Waals surface area contributed by atoms with Crippen LogP contribution in [0.2, 0.25) is 0 Å². The van der Waals surface area contributed by atoms with Gasteiger partial charge in [-0.25, -0.2) is 4.98 Å². The quantitative estimate of drug-likeness (QED) is 0.750. The van der Waals surface area contributed by atoms with Crippen LogP contribution in [0.25, 0.3) is 0 Å². The van der Waals surface area contributed by atoms with Gasteiger partial charge in [0.15, 0.2) is 0 Å². The van der Waals surface area contributed by atoms with Gasteiger partial charge < -0.3 is 20.4 Å². The molecule has 0 amide bonds. The summed E-state index contributed by atoms with van der Waals surface area (Å²) in [6, 6.07) is 5.80. The first-order valence-corrected chi connectivity index (χ1v) is 6.52. The average Bonchev–Trinajstić information content (AvgIpc) is 2.92. The number of hydrogen-bond acceptors (Lipinski definition) is 4. The van der Waals surface area contributed by atoms with Gasteiger partial charge in [-0.2, -0.15) is 0 Å². The molecule has 19 heavy (non-hydrogen) atoms. The maximum Gasteiger partial charge on any atom is 0.144 e. The van der Waals surface area contributed by atoms with Gasteiger partial charge in [0.05, 0.1) is 24.3 Å². The van der Waals surface area contributed by atoms with Crippen LogP contribution < -0.4 is 15.8 Å². The molecule has 0 atom stereocenters. The summed E-state index contributed by atoms with van der Waals surface area (Å²) in [4.78, 5) is 4.00. The first-order chi connectivity index (χ1) is 9.31. The van der Waals surface area contributed by atoms with Crippen molar-refractivity contribution in [2.75, 3.05) is 24.2 Å². The lowest BCUT2D eigenvalue weighted by atomic mass is 10.2. The van der Waals surface area contributed by atoms with Gasteiger partial charge in [0.1, 0.15) is 5.75 Å². The summed E-state index contributed by atoms with van der Waals surface area (Å²) in [6.45, 7) is 4.39. The van der Waals surface area contributed by atoms with Crippen LogP contribution in [0, 0.1) is 0 Å². The van der Waals surface area contributed by atoms with Crippen molar-refractivity contribution in [3.63, 3.8) is 0 Å². The number of nitrogen functional groups attached to an aromatic ring is 1. The molecule has 0 fully saturated rings. The Bertz CT molecular complexity index is 496. The number of rotatable bonds is 7. The maximum absolute atomic E-state index is 6.08. The van der Waals surface area contributed by atoms with E-state index in [4.69, 9.17) is 10.5 Å². The molecule has 0 bridgehead atoms. The van der Waals surface area contributed by atoms with Crippen molar-refractivity contribution in [1.29, 1.82) is 0 Å². The highest BCUT2D eigenvalue weighted by Gasteiger charge is 2.05. The molecule has 1 aromatic carbocycles. The molecule has 0 aliphatic rings. The zero-order valence-corrected chi connectivity index (χ0v) is 11.2. The highest BCUT2D eigenvalue weighted by molar-refractivity contribution is 5.72. The molecule has 0 radical (unpaired) electrons. The smallest absolute Gasteiger partial charge is 0.144 e. The Morgan fingerprint density at radius 1 is 1.42 bits per heavy atom. The number of nitrogens with zero attached hydrogens (tertiary/aromatic N) is 2. The van der Waals surface area contributed by atoms with Gasteiger partial charge in [-0.3, -0.25) is 0 Å². The van der Waals surface area contributed by atoms with Crippen molar-refractivity contribution >= 4 is 11.4 Å². The molecule has 102 valence electrons. The van der Waals surface area contributed by atoms with Crippen LogP contribution in [0.15, 0.2) is 36.9 Å². The number of benzene rings is 1. The minimum atomic E-state index is 0.668. The standard InChI is InChI=1S/C14H20N4O/c1-2-10-19-13-5-3-4-12(14(13)15)17-7-9-18-8-6-16-11-18/h3-6,8,11,17H,2,7,9-10,15H2,1H3. The fraction of sp³-hybridized carbons (Fsp3) is 0.357. The number of anilines is 2.